The lowest BCUT2D eigenvalue weighted by Crippen LogP contribution is -2.63. The minimum Gasteiger partial charge on any atom is -0.351 e. The molecule has 0 heterocycles. The van der Waals surface area contributed by atoms with Gasteiger partial charge in [-0.15, -0.1) is 12.4 Å². The number of nitrogens with two attached hydrogens (primary N) is 1. The van der Waals surface area contributed by atoms with E-state index < -0.39 is 5.54 Å². The fourth-order valence-corrected chi connectivity index (χ4v) is 5.22. The Balaban J connectivity index is 0.00000208. The third-order valence-electron chi connectivity index (χ3n) is 6.23. The van der Waals surface area contributed by atoms with Gasteiger partial charge in [0.2, 0.25) is 11.8 Å². The van der Waals surface area contributed by atoms with E-state index in [1.807, 2.05) is 0 Å². The van der Waals surface area contributed by atoms with Gasteiger partial charge in [-0.2, -0.15) is 0 Å². The highest BCUT2D eigenvalue weighted by atomic mass is 35.5. The largest absolute Gasteiger partial charge is 0.351 e. The lowest BCUT2D eigenvalue weighted by molar-refractivity contribution is -0.136. The van der Waals surface area contributed by atoms with Crippen LogP contribution in [-0.2, 0) is 9.59 Å². The van der Waals surface area contributed by atoms with Gasteiger partial charge in [0.05, 0.1) is 0 Å². The van der Waals surface area contributed by atoms with Gasteiger partial charge in [-0.05, 0) is 50.4 Å². The molecule has 138 valence electrons. The lowest BCUT2D eigenvalue weighted by atomic mass is 9.66. The summed E-state index contributed by atoms with van der Waals surface area (Å²) < 4.78 is 0. The van der Waals surface area contributed by atoms with Crippen LogP contribution in [0.4, 0.5) is 0 Å². The second-order valence-corrected chi connectivity index (χ2v) is 8.01. The van der Waals surface area contributed by atoms with Crippen molar-refractivity contribution in [3.05, 3.63) is 0 Å². The Bertz CT molecular complexity index is 451. The van der Waals surface area contributed by atoms with E-state index in [4.69, 9.17) is 5.73 Å². The predicted octanol–water partition coefficient (Wildman–Crippen LogP) is 2.27. The van der Waals surface area contributed by atoms with E-state index in [1.165, 1.54) is 26.2 Å². The molecule has 4 N–H and O–H groups in total. The summed E-state index contributed by atoms with van der Waals surface area (Å²) in [5.41, 5.74) is 5.50. The second-order valence-electron chi connectivity index (χ2n) is 8.01. The summed E-state index contributed by atoms with van der Waals surface area (Å²) in [6.45, 7) is 1.51. The molecule has 3 saturated carbocycles. The molecule has 2 atom stereocenters. The Labute approximate surface area is 151 Å². The van der Waals surface area contributed by atoms with Crippen LogP contribution in [0.3, 0.4) is 0 Å². The third-order valence-corrected chi connectivity index (χ3v) is 6.23. The molecule has 24 heavy (non-hydrogen) atoms. The van der Waals surface area contributed by atoms with Crippen LogP contribution in [0.5, 0.6) is 0 Å². The fraction of sp³-hybridized carbons (Fsp3) is 0.889. The number of carbonyl (C=O) groups excluding carboxylic acids is 2. The molecule has 0 aromatic carbocycles. The van der Waals surface area contributed by atoms with Crippen molar-refractivity contribution >= 4 is 24.2 Å². The molecule has 3 aliphatic rings. The number of nitrogens with one attached hydrogen (secondary N) is 2. The topological polar surface area (TPSA) is 84.2 Å². The lowest BCUT2D eigenvalue weighted by Gasteiger charge is -2.47. The Morgan fingerprint density at radius 3 is 2.12 bits per heavy atom. The Morgan fingerprint density at radius 2 is 1.58 bits per heavy atom. The molecule has 2 unspecified atom stereocenters. The Kier molecular flexibility index (Phi) is 6.54. The van der Waals surface area contributed by atoms with Gasteiger partial charge in [0.15, 0.2) is 0 Å². The van der Waals surface area contributed by atoms with Crippen molar-refractivity contribution in [2.24, 2.45) is 17.6 Å². The maximum atomic E-state index is 13.1. The highest BCUT2D eigenvalue weighted by Gasteiger charge is 2.45. The minimum atomic E-state index is -0.683. The van der Waals surface area contributed by atoms with Crippen molar-refractivity contribution in [2.45, 2.75) is 88.8 Å². The second kappa shape index (κ2) is 8.05. The van der Waals surface area contributed by atoms with Crippen LogP contribution in [0.25, 0.3) is 0 Å². The van der Waals surface area contributed by atoms with Gasteiger partial charge >= 0.3 is 0 Å². The van der Waals surface area contributed by atoms with Crippen LogP contribution in [0, 0.1) is 11.8 Å². The normalized spacial score (nSPS) is 34.6. The van der Waals surface area contributed by atoms with E-state index in [2.05, 4.69) is 10.6 Å². The standard InChI is InChI=1S/C18H31N3O2.ClH/c1-12(22)21-18(8-3-2-4-9-18)17(23)20-16-13-6-5-7-14(16)11-15(19)10-13;/h13-16H,2-11,19H2,1H3,(H,20,23)(H,21,22);1H. The molecule has 3 fully saturated rings. The number of halogens is 1. The first-order valence-electron chi connectivity index (χ1n) is 9.35. The molecule has 3 aliphatic carbocycles. The number of hydrogen-bond donors (Lipinski definition) is 3. The number of hydrogen-bond acceptors (Lipinski definition) is 3. The van der Waals surface area contributed by atoms with E-state index in [0.717, 1.165) is 44.9 Å². The van der Waals surface area contributed by atoms with Crippen LogP contribution in [0.2, 0.25) is 0 Å². The predicted molar refractivity (Wildman–Crippen MR) is 96.9 cm³/mol. The van der Waals surface area contributed by atoms with Gasteiger partial charge in [-0.3, -0.25) is 9.59 Å². The van der Waals surface area contributed by atoms with E-state index >= 15 is 0 Å². The molecule has 0 saturated heterocycles. The summed E-state index contributed by atoms with van der Waals surface area (Å²) in [5, 5.41) is 6.33. The SMILES string of the molecule is CC(=O)NC1(C(=O)NC2C3CCCC2CC(N)C3)CCCCC1.Cl. The van der Waals surface area contributed by atoms with E-state index in [-0.39, 0.29) is 36.3 Å². The first kappa shape index (κ1) is 19.5. The molecular formula is C18H32ClN3O2. The number of carbonyl (C=O) groups is 2. The maximum Gasteiger partial charge on any atom is 0.245 e. The van der Waals surface area contributed by atoms with Crippen LogP contribution >= 0.6 is 12.4 Å². The molecule has 5 nitrogen and oxygen atoms in total. The summed E-state index contributed by atoms with van der Waals surface area (Å²) in [6.07, 6.45) is 10.3. The zero-order valence-corrected chi connectivity index (χ0v) is 15.5. The first-order valence-corrected chi connectivity index (χ1v) is 9.35. The van der Waals surface area contributed by atoms with Crippen molar-refractivity contribution in [2.75, 3.05) is 0 Å². The smallest absolute Gasteiger partial charge is 0.245 e. The van der Waals surface area contributed by atoms with E-state index in [0.29, 0.717) is 11.8 Å². The number of rotatable bonds is 3. The van der Waals surface area contributed by atoms with Gasteiger partial charge in [-0.1, -0.05) is 25.7 Å². The monoisotopic (exact) mass is 357 g/mol. The van der Waals surface area contributed by atoms with Crippen LogP contribution in [0.1, 0.15) is 71.1 Å². The van der Waals surface area contributed by atoms with Crippen LogP contribution < -0.4 is 16.4 Å². The molecule has 0 spiro atoms. The van der Waals surface area contributed by atoms with Crippen LogP contribution in [0.15, 0.2) is 0 Å². The molecule has 6 heteroatoms. The highest BCUT2D eigenvalue weighted by molar-refractivity contribution is 5.91. The zero-order valence-electron chi connectivity index (χ0n) is 14.7. The fourth-order valence-electron chi connectivity index (χ4n) is 5.22. The Morgan fingerprint density at radius 1 is 1.00 bits per heavy atom. The minimum absolute atomic E-state index is 0. The molecule has 0 aliphatic heterocycles. The Hall–Kier alpha value is -0.810. The van der Waals surface area contributed by atoms with Crippen molar-refractivity contribution < 1.29 is 9.59 Å². The van der Waals surface area contributed by atoms with E-state index in [1.54, 1.807) is 0 Å². The van der Waals surface area contributed by atoms with Crippen LogP contribution in [-0.4, -0.2) is 29.4 Å². The van der Waals surface area contributed by atoms with Gasteiger partial charge in [0.1, 0.15) is 5.54 Å². The molecule has 0 aromatic heterocycles. The summed E-state index contributed by atoms with van der Waals surface area (Å²) in [5.74, 6) is 0.969. The van der Waals surface area contributed by atoms with E-state index in [9.17, 15) is 9.59 Å². The highest BCUT2D eigenvalue weighted by Crippen LogP contribution is 2.40. The summed E-state index contributed by atoms with van der Waals surface area (Å²) >= 11 is 0. The van der Waals surface area contributed by atoms with Gasteiger partial charge < -0.3 is 16.4 Å². The quantitative estimate of drug-likeness (QED) is 0.724. The molecule has 3 rings (SSSR count). The van der Waals surface area contributed by atoms with Gasteiger partial charge in [-0.25, -0.2) is 0 Å². The van der Waals surface area contributed by atoms with Crippen molar-refractivity contribution in [3.63, 3.8) is 0 Å². The third kappa shape index (κ3) is 4.05. The van der Waals surface area contributed by atoms with Crippen molar-refractivity contribution in [1.29, 1.82) is 0 Å². The van der Waals surface area contributed by atoms with Crippen molar-refractivity contribution in [1.82, 2.24) is 10.6 Å². The zero-order chi connectivity index (χ0) is 16.4. The summed E-state index contributed by atoms with van der Waals surface area (Å²) in [6, 6.07) is 0.543. The summed E-state index contributed by atoms with van der Waals surface area (Å²) in [4.78, 5) is 24.7. The molecular weight excluding hydrogens is 326 g/mol. The van der Waals surface area contributed by atoms with Crippen molar-refractivity contribution in [3.8, 4) is 0 Å². The molecule has 2 amide bonds. The average Bonchev–Trinajstić information content (AvgIpc) is 2.48. The first-order chi connectivity index (χ1) is 11.0. The average molecular weight is 358 g/mol. The summed E-state index contributed by atoms with van der Waals surface area (Å²) in [7, 11) is 0. The molecule has 0 aromatic rings. The number of fused-ring (bicyclic) bond motifs is 2. The number of amides is 2. The molecule has 2 bridgehead atoms. The van der Waals surface area contributed by atoms with Gasteiger partial charge in [0, 0.05) is 19.0 Å². The van der Waals surface area contributed by atoms with Gasteiger partial charge in [0.25, 0.3) is 0 Å². The maximum absolute atomic E-state index is 13.1. The molecule has 0 radical (unpaired) electrons.